The van der Waals surface area contributed by atoms with E-state index in [0.717, 1.165) is 11.1 Å². The number of anilines is 1. The number of rotatable bonds is 2. The fraction of sp³-hybridized carbons (Fsp3) is 0.211. The molecule has 0 amide bonds. The van der Waals surface area contributed by atoms with Crippen molar-refractivity contribution in [3.8, 4) is 11.1 Å². The number of aromatic nitrogens is 3. The van der Waals surface area contributed by atoms with Gasteiger partial charge in [0.2, 0.25) is 0 Å². The van der Waals surface area contributed by atoms with Crippen molar-refractivity contribution in [3.63, 3.8) is 0 Å². The molecule has 0 spiro atoms. The predicted octanol–water partition coefficient (Wildman–Crippen LogP) is 4.36. The van der Waals surface area contributed by atoms with Crippen LogP contribution in [0.15, 0.2) is 48.7 Å². The smallest absolute Gasteiger partial charge is 0.129 e. The maximum absolute atomic E-state index is 6.14. The first-order valence-electron chi connectivity index (χ1n) is 7.88. The Morgan fingerprint density at radius 3 is 2.43 bits per heavy atom. The molecule has 2 heterocycles. The van der Waals surface area contributed by atoms with Crippen molar-refractivity contribution in [2.45, 2.75) is 19.9 Å². The molecule has 2 aromatic heterocycles. The highest BCUT2D eigenvalue weighted by Gasteiger charge is 2.14. The van der Waals surface area contributed by atoms with Gasteiger partial charge in [-0.15, -0.1) is 0 Å². The van der Waals surface area contributed by atoms with Gasteiger partial charge in [-0.05, 0) is 37.6 Å². The zero-order valence-electron chi connectivity index (χ0n) is 13.6. The van der Waals surface area contributed by atoms with Crippen molar-refractivity contribution < 1.29 is 0 Å². The van der Waals surface area contributed by atoms with Gasteiger partial charge < -0.3 is 10.3 Å². The number of fused-ring (bicyclic) bond motifs is 3. The lowest BCUT2D eigenvalue weighted by Crippen LogP contribution is -1.99. The Hall–Kier alpha value is -2.75. The zero-order chi connectivity index (χ0) is 16.1. The Balaban J connectivity index is 2.06. The van der Waals surface area contributed by atoms with Gasteiger partial charge in [0.1, 0.15) is 5.82 Å². The number of hydrogen-bond donors (Lipinski definition) is 1. The number of nitrogens with two attached hydrogens (primary N) is 1. The van der Waals surface area contributed by atoms with Crippen LogP contribution in [0.3, 0.4) is 0 Å². The first-order valence-corrected chi connectivity index (χ1v) is 7.88. The van der Waals surface area contributed by atoms with E-state index in [1.165, 1.54) is 21.8 Å². The van der Waals surface area contributed by atoms with Gasteiger partial charge >= 0.3 is 0 Å². The zero-order valence-corrected chi connectivity index (χ0v) is 13.6. The number of aryl methyl sites for hydroxylation is 1. The lowest BCUT2D eigenvalue weighted by Gasteiger charge is -2.11. The minimum atomic E-state index is 0.409. The van der Waals surface area contributed by atoms with Crippen LogP contribution in [0.1, 0.15) is 19.9 Å². The van der Waals surface area contributed by atoms with Gasteiger partial charge in [0.25, 0.3) is 0 Å². The van der Waals surface area contributed by atoms with Crippen molar-refractivity contribution in [2.24, 2.45) is 7.05 Å². The molecule has 0 fully saturated rings. The molecule has 0 radical (unpaired) electrons. The molecular weight excluding hydrogens is 284 g/mol. The molecule has 0 unspecified atom stereocenters. The SMILES string of the molecule is CC(C)n1c2ccccc2c2cc(-c3cnn(C)c3N)ccc21. The summed E-state index contributed by atoms with van der Waals surface area (Å²) in [7, 11) is 1.86. The summed E-state index contributed by atoms with van der Waals surface area (Å²) in [5, 5.41) is 6.79. The molecule has 2 aromatic carbocycles. The standard InChI is InChI=1S/C19H20N4/c1-12(2)23-17-7-5-4-6-14(17)15-10-13(8-9-18(15)23)16-11-21-22(3)19(16)20/h4-12H,20H2,1-3H3. The lowest BCUT2D eigenvalue weighted by molar-refractivity contribution is 0.642. The Morgan fingerprint density at radius 2 is 1.74 bits per heavy atom. The molecular formula is C19H20N4. The molecule has 23 heavy (non-hydrogen) atoms. The van der Waals surface area contributed by atoms with Crippen LogP contribution in [0.4, 0.5) is 5.82 Å². The lowest BCUT2D eigenvalue weighted by atomic mass is 10.0. The minimum absolute atomic E-state index is 0.409. The van der Waals surface area contributed by atoms with Crippen LogP contribution in [0.25, 0.3) is 32.9 Å². The van der Waals surface area contributed by atoms with Crippen molar-refractivity contribution in [1.29, 1.82) is 0 Å². The Kier molecular flexibility index (Phi) is 2.94. The maximum atomic E-state index is 6.14. The number of nitrogens with zero attached hydrogens (tertiary/aromatic N) is 3. The van der Waals surface area contributed by atoms with Gasteiger partial charge in [0.15, 0.2) is 0 Å². The van der Waals surface area contributed by atoms with Gasteiger partial charge in [-0.25, -0.2) is 0 Å². The molecule has 4 aromatic rings. The van der Waals surface area contributed by atoms with E-state index in [2.05, 4.69) is 66.0 Å². The molecule has 4 nitrogen and oxygen atoms in total. The van der Waals surface area contributed by atoms with Crippen LogP contribution in [-0.2, 0) is 7.05 Å². The van der Waals surface area contributed by atoms with Crippen molar-refractivity contribution in [1.82, 2.24) is 14.3 Å². The summed E-state index contributed by atoms with van der Waals surface area (Å²) in [4.78, 5) is 0. The summed E-state index contributed by atoms with van der Waals surface area (Å²) in [6.45, 7) is 4.44. The molecule has 0 atom stereocenters. The van der Waals surface area contributed by atoms with Crippen molar-refractivity contribution >= 4 is 27.6 Å². The van der Waals surface area contributed by atoms with Crippen LogP contribution in [0.2, 0.25) is 0 Å². The van der Waals surface area contributed by atoms with Crippen LogP contribution in [0.5, 0.6) is 0 Å². The molecule has 4 rings (SSSR count). The number of benzene rings is 2. The molecule has 2 N–H and O–H groups in total. The monoisotopic (exact) mass is 304 g/mol. The fourth-order valence-electron chi connectivity index (χ4n) is 3.40. The highest BCUT2D eigenvalue weighted by Crippen LogP contribution is 2.35. The predicted molar refractivity (Wildman–Crippen MR) is 96.4 cm³/mol. The van der Waals surface area contributed by atoms with Crippen molar-refractivity contribution in [2.75, 3.05) is 5.73 Å². The summed E-state index contributed by atoms with van der Waals surface area (Å²) in [5.74, 6) is 0.692. The van der Waals surface area contributed by atoms with E-state index in [1.807, 2.05) is 13.2 Å². The average Bonchev–Trinajstić information content (AvgIpc) is 3.05. The van der Waals surface area contributed by atoms with E-state index in [4.69, 9.17) is 5.73 Å². The van der Waals surface area contributed by atoms with E-state index >= 15 is 0 Å². The highest BCUT2D eigenvalue weighted by atomic mass is 15.3. The van der Waals surface area contributed by atoms with Gasteiger partial charge in [0, 0.05) is 40.5 Å². The normalized spacial score (nSPS) is 11.8. The maximum Gasteiger partial charge on any atom is 0.129 e. The second-order valence-electron chi connectivity index (χ2n) is 6.28. The molecule has 0 saturated carbocycles. The summed E-state index contributed by atoms with van der Waals surface area (Å²) in [5.41, 5.74) is 10.8. The van der Waals surface area contributed by atoms with Gasteiger partial charge in [-0.1, -0.05) is 24.3 Å². The Bertz CT molecular complexity index is 1020. The van der Waals surface area contributed by atoms with Crippen LogP contribution >= 0.6 is 0 Å². The third-order valence-electron chi connectivity index (χ3n) is 4.52. The van der Waals surface area contributed by atoms with E-state index in [-0.39, 0.29) is 0 Å². The summed E-state index contributed by atoms with van der Waals surface area (Å²) in [6.07, 6.45) is 1.83. The number of para-hydroxylation sites is 1. The van der Waals surface area contributed by atoms with Gasteiger partial charge in [-0.3, -0.25) is 4.68 Å². The molecule has 0 aliphatic carbocycles. The quantitative estimate of drug-likeness (QED) is 0.598. The van der Waals surface area contributed by atoms with Crippen molar-refractivity contribution in [3.05, 3.63) is 48.7 Å². The third kappa shape index (κ3) is 1.95. The summed E-state index contributed by atoms with van der Waals surface area (Å²) in [6, 6.07) is 15.5. The van der Waals surface area contributed by atoms with Crippen LogP contribution < -0.4 is 5.73 Å². The molecule has 116 valence electrons. The Morgan fingerprint density at radius 1 is 1.00 bits per heavy atom. The summed E-state index contributed by atoms with van der Waals surface area (Å²) < 4.78 is 4.10. The topological polar surface area (TPSA) is 48.8 Å². The average molecular weight is 304 g/mol. The van der Waals surface area contributed by atoms with E-state index in [1.54, 1.807) is 4.68 Å². The summed E-state index contributed by atoms with van der Waals surface area (Å²) >= 11 is 0. The number of nitrogen functional groups attached to an aromatic ring is 1. The molecule has 4 heteroatoms. The molecule has 0 aliphatic heterocycles. The van der Waals surface area contributed by atoms with E-state index in [9.17, 15) is 0 Å². The molecule has 0 saturated heterocycles. The van der Waals surface area contributed by atoms with Crippen LogP contribution in [0, 0.1) is 0 Å². The largest absolute Gasteiger partial charge is 0.383 e. The Labute approximate surface area is 135 Å². The van der Waals surface area contributed by atoms with Gasteiger partial charge in [0.05, 0.1) is 6.20 Å². The van der Waals surface area contributed by atoms with Gasteiger partial charge in [-0.2, -0.15) is 5.10 Å². The fourth-order valence-corrected chi connectivity index (χ4v) is 3.40. The highest BCUT2D eigenvalue weighted by molar-refractivity contribution is 6.09. The minimum Gasteiger partial charge on any atom is -0.383 e. The second kappa shape index (κ2) is 4.88. The molecule has 0 bridgehead atoms. The van der Waals surface area contributed by atoms with Crippen LogP contribution in [-0.4, -0.2) is 14.3 Å². The van der Waals surface area contributed by atoms with E-state index in [0.29, 0.717) is 11.9 Å². The second-order valence-corrected chi connectivity index (χ2v) is 6.28. The third-order valence-corrected chi connectivity index (χ3v) is 4.52. The first-order chi connectivity index (χ1) is 11.1. The van der Waals surface area contributed by atoms with E-state index < -0.39 is 0 Å². The first kappa shape index (κ1) is 13.9. The molecule has 0 aliphatic rings. The number of hydrogen-bond acceptors (Lipinski definition) is 2.